The van der Waals surface area contributed by atoms with E-state index < -0.39 is 0 Å². The van der Waals surface area contributed by atoms with E-state index in [1.54, 1.807) is 14.1 Å². The normalized spacial score (nSPS) is 20.9. The van der Waals surface area contributed by atoms with Crippen molar-refractivity contribution in [3.8, 4) is 0 Å². The highest BCUT2D eigenvalue weighted by molar-refractivity contribution is 14.0. The molecule has 2 fully saturated rings. The molecular weight excluding hydrogens is 437 g/mol. The number of guanidine groups is 1. The highest BCUT2D eigenvalue weighted by Gasteiger charge is 2.30. The van der Waals surface area contributed by atoms with Crippen LogP contribution in [-0.2, 0) is 14.3 Å². The molecule has 1 atom stereocenters. The summed E-state index contributed by atoms with van der Waals surface area (Å²) in [5.74, 6) is 0.811. The third-order valence-corrected chi connectivity index (χ3v) is 4.29. The molecule has 2 aliphatic heterocycles. The van der Waals surface area contributed by atoms with Crippen LogP contribution in [0.15, 0.2) is 4.99 Å². The molecule has 144 valence electrons. The van der Waals surface area contributed by atoms with Gasteiger partial charge >= 0.3 is 0 Å². The molecule has 0 spiro atoms. The SMILES string of the molecule is CCNC(=NCC(=O)N(C)C)N1CCN(C(=O)C2CCCO2)CC1.I. The summed E-state index contributed by atoms with van der Waals surface area (Å²) in [6.07, 6.45) is 1.54. The zero-order valence-electron chi connectivity index (χ0n) is 15.4. The van der Waals surface area contributed by atoms with Crippen molar-refractivity contribution in [2.75, 3.05) is 60.0 Å². The van der Waals surface area contributed by atoms with Gasteiger partial charge in [0.1, 0.15) is 12.6 Å². The lowest BCUT2D eigenvalue weighted by Crippen LogP contribution is -2.55. The van der Waals surface area contributed by atoms with Crippen molar-refractivity contribution in [2.45, 2.75) is 25.9 Å². The molecule has 2 aliphatic rings. The third-order valence-electron chi connectivity index (χ3n) is 4.29. The largest absolute Gasteiger partial charge is 0.368 e. The quantitative estimate of drug-likeness (QED) is 0.358. The number of carbonyl (C=O) groups excluding carboxylic acids is 2. The summed E-state index contributed by atoms with van der Waals surface area (Å²) >= 11 is 0. The Bertz CT molecular complexity index is 472. The summed E-state index contributed by atoms with van der Waals surface area (Å²) in [5, 5.41) is 3.22. The number of hydrogen-bond acceptors (Lipinski definition) is 4. The van der Waals surface area contributed by atoms with Crippen molar-refractivity contribution >= 4 is 41.8 Å². The van der Waals surface area contributed by atoms with Gasteiger partial charge in [-0.2, -0.15) is 0 Å². The molecule has 2 saturated heterocycles. The van der Waals surface area contributed by atoms with Gasteiger partial charge in [-0.15, -0.1) is 24.0 Å². The number of amides is 2. The van der Waals surface area contributed by atoms with Crippen LogP contribution in [0.25, 0.3) is 0 Å². The third kappa shape index (κ3) is 6.28. The first-order chi connectivity index (χ1) is 11.5. The Morgan fingerprint density at radius 3 is 2.36 bits per heavy atom. The fourth-order valence-corrected chi connectivity index (χ4v) is 2.82. The Hall–Kier alpha value is -1.10. The lowest BCUT2D eigenvalue weighted by molar-refractivity contribution is -0.142. The molecule has 1 unspecified atom stereocenters. The Labute approximate surface area is 167 Å². The molecule has 0 aromatic carbocycles. The summed E-state index contributed by atoms with van der Waals surface area (Å²) in [6, 6.07) is 0. The number of ether oxygens (including phenoxy) is 1. The molecule has 2 rings (SSSR count). The van der Waals surface area contributed by atoms with E-state index in [-0.39, 0.29) is 48.4 Å². The minimum absolute atomic E-state index is 0. The number of likely N-dealkylation sites (N-methyl/N-ethyl adjacent to an activating group) is 1. The number of hydrogen-bond donors (Lipinski definition) is 1. The van der Waals surface area contributed by atoms with Crippen molar-refractivity contribution in [3.05, 3.63) is 0 Å². The standard InChI is InChI=1S/C16H29N5O3.HI/c1-4-17-16(18-12-14(22)19(2)3)21-9-7-20(8-10-21)15(23)13-6-5-11-24-13;/h13H,4-12H2,1-3H3,(H,17,18);1H. The van der Waals surface area contributed by atoms with Crippen LogP contribution >= 0.6 is 24.0 Å². The number of aliphatic imine (C=N–C) groups is 1. The average Bonchev–Trinajstić information content (AvgIpc) is 3.12. The summed E-state index contributed by atoms with van der Waals surface area (Å²) in [5.41, 5.74) is 0. The van der Waals surface area contributed by atoms with Gasteiger partial charge in [-0.25, -0.2) is 4.99 Å². The summed E-state index contributed by atoms with van der Waals surface area (Å²) < 4.78 is 5.49. The molecule has 2 heterocycles. The first-order valence-electron chi connectivity index (χ1n) is 8.66. The van der Waals surface area contributed by atoms with E-state index in [1.165, 1.54) is 4.90 Å². The van der Waals surface area contributed by atoms with Gasteiger partial charge in [0.25, 0.3) is 5.91 Å². The van der Waals surface area contributed by atoms with E-state index in [4.69, 9.17) is 4.74 Å². The maximum absolute atomic E-state index is 12.4. The molecule has 0 bridgehead atoms. The van der Waals surface area contributed by atoms with E-state index in [0.29, 0.717) is 32.8 Å². The summed E-state index contributed by atoms with van der Waals surface area (Å²) in [7, 11) is 3.44. The molecule has 25 heavy (non-hydrogen) atoms. The van der Waals surface area contributed by atoms with E-state index in [0.717, 1.165) is 25.3 Å². The van der Waals surface area contributed by atoms with Gasteiger partial charge < -0.3 is 24.8 Å². The van der Waals surface area contributed by atoms with E-state index in [2.05, 4.69) is 15.2 Å². The number of nitrogens with one attached hydrogen (secondary N) is 1. The van der Waals surface area contributed by atoms with Crippen molar-refractivity contribution in [1.29, 1.82) is 0 Å². The van der Waals surface area contributed by atoms with Crippen LogP contribution in [0.1, 0.15) is 19.8 Å². The van der Waals surface area contributed by atoms with Crippen LogP contribution in [0.5, 0.6) is 0 Å². The first kappa shape index (κ1) is 21.9. The summed E-state index contributed by atoms with van der Waals surface area (Å²) in [6.45, 7) is 6.29. The second-order valence-electron chi connectivity index (χ2n) is 6.27. The predicted octanol–water partition coefficient (Wildman–Crippen LogP) is -0.0187. The topological polar surface area (TPSA) is 77.5 Å². The molecule has 0 radical (unpaired) electrons. The molecule has 0 aliphatic carbocycles. The highest BCUT2D eigenvalue weighted by atomic mass is 127. The predicted molar refractivity (Wildman–Crippen MR) is 107 cm³/mol. The Morgan fingerprint density at radius 1 is 1.20 bits per heavy atom. The number of nitrogens with zero attached hydrogens (tertiary/aromatic N) is 4. The van der Waals surface area contributed by atoms with Gasteiger partial charge in [0, 0.05) is 53.4 Å². The van der Waals surface area contributed by atoms with Gasteiger partial charge in [-0.3, -0.25) is 9.59 Å². The van der Waals surface area contributed by atoms with Crippen molar-refractivity contribution in [3.63, 3.8) is 0 Å². The number of halogens is 1. The first-order valence-corrected chi connectivity index (χ1v) is 8.66. The smallest absolute Gasteiger partial charge is 0.251 e. The molecule has 9 heteroatoms. The van der Waals surface area contributed by atoms with E-state index in [9.17, 15) is 9.59 Å². The number of carbonyl (C=O) groups is 2. The second kappa shape index (κ2) is 10.8. The highest BCUT2D eigenvalue weighted by Crippen LogP contribution is 2.16. The van der Waals surface area contributed by atoms with Gasteiger partial charge in [-0.05, 0) is 19.8 Å². The lowest BCUT2D eigenvalue weighted by atomic mass is 10.2. The molecule has 0 aromatic rings. The second-order valence-corrected chi connectivity index (χ2v) is 6.27. The van der Waals surface area contributed by atoms with Crippen LogP contribution < -0.4 is 5.32 Å². The van der Waals surface area contributed by atoms with E-state index in [1.807, 2.05) is 11.8 Å². The monoisotopic (exact) mass is 467 g/mol. The maximum Gasteiger partial charge on any atom is 0.251 e. The van der Waals surface area contributed by atoms with Crippen molar-refractivity contribution in [2.24, 2.45) is 4.99 Å². The van der Waals surface area contributed by atoms with Crippen molar-refractivity contribution in [1.82, 2.24) is 20.0 Å². The maximum atomic E-state index is 12.4. The van der Waals surface area contributed by atoms with Gasteiger partial charge in [0.15, 0.2) is 5.96 Å². The Kier molecular flexibility index (Phi) is 9.47. The van der Waals surface area contributed by atoms with Crippen LogP contribution in [0, 0.1) is 0 Å². The van der Waals surface area contributed by atoms with Crippen LogP contribution in [-0.4, -0.2) is 98.5 Å². The molecule has 1 N–H and O–H groups in total. The van der Waals surface area contributed by atoms with Crippen molar-refractivity contribution < 1.29 is 14.3 Å². The molecular formula is C16H30IN5O3. The number of piperazine rings is 1. The van der Waals surface area contributed by atoms with Crippen LogP contribution in [0.3, 0.4) is 0 Å². The zero-order chi connectivity index (χ0) is 17.5. The molecule has 8 nitrogen and oxygen atoms in total. The van der Waals surface area contributed by atoms with Gasteiger partial charge in [0.05, 0.1) is 0 Å². The fraction of sp³-hybridized carbons (Fsp3) is 0.812. The number of rotatable bonds is 4. The van der Waals surface area contributed by atoms with Crippen LogP contribution in [0.2, 0.25) is 0 Å². The minimum Gasteiger partial charge on any atom is -0.368 e. The van der Waals surface area contributed by atoms with Gasteiger partial charge in [-0.1, -0.05) is 0 Å². The van der Waals surface area contributed by atoms with Crippen LogP contribution in [0.4, 0.5) is 0 Å². The minimum atomic E-state index is -0.254. The average molecular weight is 467 g/mol. The Balaban J connectivity index is 0.00000312. The molecule has 2 amide bonds. The molecule has 0 saturated carbocycles. The molecule has 0 aromatic heterocycles. The Morgan fingerprint density at radius 2 is 1.84 bits per heavy atom. The summed E-state index contributed by atoms with van der Waals surface area (Å²) in [4.78, 5) is 34.0. The lowest BCUT2D eigenvalue weighted by Gasteiger charge is -2.37. The van der Waals surface area contributed by atoms with E-state index >= 15 is 0 Å². The zero-order valence-corrected chi connectivity index (χ0v) is 17.7. The van der Waals surface area contributed by atoms with Gasteiger partial charge in [0.2, 0.25) is 5.91 Å². The fourth-order valence-electron chi connectivity index (χ4n) is 2.82.